The number of nitrogens with zero attached hydrogens (tertiary/aromatic N) is 1. The molecular weight excluding hydrogens is 226 g/mol. The molecule has 0 amide bonds. The molecular formula is C11H13NO5. The predicted molar refractivity (Wildman–Crippen MR) is 58.5 cm³/mol. The molecule has 1 heterocycles. The quantitative estimate of drug-likeness (QED) is 0.595. The van der Waals surface area contributed by atoms with E-state index in [1.807, 2.05) is 0 Å². The molecule has 2 rings (SSSR count). The number of hydrogen-bond donors (Lipinski definition) is 2. The predicted octanol–water partition coefficient (Wildman–Crippen LogP) is 1.10. The van der Waals surface area contributed by atoms with Crippen LogP contribution in [0.4, 0.5) is 0 Å². The lowest BCUT2D eigenvalue weighted by molar-refractivity contribution is -0.486. The monoisotopic (exact) mass is 239 g/mol. The van der Waals surface area contributed by atoms with Crippen molar-refractivity contribution in [2.45, 2.75) is 19.1 Å². The molecule has 92 valence electrons. The van der Waals surface area contributed by atoms with Crippen molar-refractivity contribution in [1.82, 2.24) is 0 Å². The number of aliphatic hydroxyl groups is 1. The topological polar surface area (TPSA) is 92.8 Å². The second-order valence-electron chi connectivity index (χ2n) is 4.18. The highest BCUT2D eigenvalue weighted by molar-refractivity contribution is 5.49. The molecule has 0 aromatic heterocycles. The van der Waals surface area contributed by atoms with Crippen LogP contribution < -0.4 is 4.74 Å². The van der Waals surface area contributed by atoms with E-state index >= 15 is 0 Å². The highest BCUT2D eigenvalue weighted by Gasteiger charge is 2.38. The van der Waals surface area contributed by atoms with E-state index in [0.29, 0.717) is 5.56 Å². The molecule has 0 aliphatic carbocycles. The van der Waals surface area contributed by atoms with Gasteiger partial charge in [0.25, 0.3) is 0 Å². The molecule has 0 spiro atoms. The summed E-state index contributed by atoms with van der Waals surface area (Å²) in [6.45, 7) is 1.39. The summed E-state index contributed by atoms with van der Waals surface area (Å²) in [5.41, 5.74) is 0.569. The van der Waals surface area contributed by atoms with E-state index < -0.39 is 23.0 Å². The lowest BCUT2D eigenvalue weighted by Gasteiger charge is -2.33. The van der Waals surface area contributed by atoms with Gasteiger partial charge in [-0.05, 0) is 6.07 Å². The highest BCUT2D eigenvalue weighted by Crippen LogP contribution is 2.43. The van der Waals surface area contributed by atoms with Crippen LogP contribution in [0.15, 0.2) is 18.2 Å². The Hall–Kier alpha value is -1.82. The zero-order valence-electron chi connectivity index (χ0n) is 9.24. The molecule has 0 saturated carbocycles. The van der Waals surface area contributed by atoms with Gasteiger partial charge in [0.15, 0.2) is 11.5 Å². The molecule has 1 aromatic carbocycles. The van der Waals surface area contributed by atoms with E-state index in [1.54, 1.807) is 19.1 Å². The minimum Gasteiger partial charge on any atom is -0.504 e. The van der Waals surface area contributed by atoms with E-state index in [-0.39, 0.29) is 18.0 Å². The number of ether oxygens (including phenoxy) is 1. The van der Waals surface area contributed by atoms with Crippen LogP contribution >= 0.6 is 0 Å². The van der Waals surface area contributed by atoms with Crippen LogP contribution in [-0.2, 0) is 0 Å². The van der Waals surface area contributed by atoms with Gasteiger partial charge in [-0.2, -0.15) is 0 Å². The van der Waals surface area contributed by atoms with Gasteiger partial charge in [-0.1, -0.05) is 19.1 Å². The van der Waals surface area contributed by atoms with E-state index in [9.17, 15) is 20.3 Å². The minimum atomic E-state index is -1.14. The van der Waals surface area contributed by atoms with Crippen LogP contribution in [0.2, 0.25) is 0 Å². The summed E-state index contributed by atoms with van der Waals surface area (Å²) in [4.78, 5) is 10.2. The zero-order chi connectivity index (χ0) is 12.6. The molecule has 3 unspecified atom stereocenters. The summed E-state index contributed by atoms with van der Waals surface area (Å²) >= 11 is 0. The maximum atomic E-state index is 10.6. The van der Waals surface area contributed by atoms with Gasteiger partial charge in [-0.15, -0.1) is 0 Å². The fourth-order valence-electron chi connectivity index (χ4n) is 2.10. The molecule has 1 aliphatic heterocycles. The van der Waals surface area contributed by atoms with Crippen molar-refractivity contribution < 1.29 is 19.9 Å². The van der Waals surface area contributed by atoms with Crippen LogP contribution in [0.5, 0.6) is 11.5 Å². The number of fused-ring (bicyclic) bond motifs is 1. The van der Waals surface area contributed by atoms with Crippen molar-refractivity contribution in [1.29, 1.82) is 0 Å². The Kier molecular flexibility index (Phi) is 2.89. The standard InChI is InChI=1S/C11H13NO5/c1-6-8(5-12(15)16)7-3-2-4-9(13)10(7)17-11(6)14/h2-4,6,8,11,13-14H,5H2,1H3. The zero-order valence-corrected chi connectivity index (χ0v) is 9.24. The molecule has 17 heavy (non-hydrogen) atoms. The summed E-state index contributed by atoms with van der Waals surface area (Å²) in [5.74, 6) is -0.822. The maximum absolute atomic E-state index is 10.6. The largest absolute Gasteiger partial charge is 0.504 e. The molecule has 2 N–H and O–H groups in total. The van der Waals surface area contributed by atoms with Crippen molar-refractivity contribution in [3.05, 3.63) is 33.9 Å². The lowest BCUT2D eigenvalue weighted by atomic mass is 9.84. The van der Waals surface area contributed by atoms with Crippen molar-refractivity contribution >= 4 is 0 Å². The third-order valence-electron chi connectivity index (χ3n) is 3.09. The van der Waals surface area contributed by atoms with E-state index in [2.05, 4.69) is 0 Å². The Morgan fingerprint density at radius 2 is 2.24 bits per heavy atom. The Bertz CT molecular complexity index is 447. The number of hydrogen-bond acceptors (Lipinski definition) is 5. The first kappa shape index (κ1) is 11.7. The average molecular weight is 239 g/mol. The van der Waals surface area contributed by atoms with Crippen molar-refractivity contribution in [3.8, 4) is 11.5 Å². The first-order valence-corrected chi connectivity index (χ1v) is 5.29. The average Bonchev–Trinajstić information content (AvgIpc) is 2.26. The Morgan fingerprint density at radius 3 is 2.88 bits per heavy atom. The molecule has 1 aromatic rings. The van der Waals surface area contributed by atoms with E-state index in [0.717, 1.165) is 0 Å². The summed E-state index contributed by atoms with van der Waals surface area (Å²) in [5, 5.41) is 29.9. The Balaban J connectivity index is 2.45. The van der Waals surface area contributed by atoms with Gasteiger partial charge in [0.05, 0.1) is 5.92 Å². The number of phenolic OH excluding ortho intramolecular Hbond substituents is 1. The highest BCUT2D eigenvalue weighted by atomic mass is 16.6. The van der Waals surface area contributed by atoms with E-state index in [1.165, 1.54) is 6.07 Å². The van der Waals surface area contributed by atoms with E-state index in [4.69, 9.17) is 4.74 Å². The first-order valence-electron chi connectivity index (χ1n) is 5.29. The fourth-order valence-corrected chi connectivity index (χ4v) is 2.10. The van der Waals surface area contributed by atoms with Crippen LogP contribution in [-0.4, -0.2) is 28.0 Å². The molecule has 0 bridgehead atoms. The SMILES string of the molecule is CC1C(O)Oc2c(O)cccc2C1C[N+](=O)[O-]. The van der Waals surface area contributed by atoms with Crippen molar-refractivity contribution in [2.24, 2.45) is 5.92 Å². The molecule has 1 aliphatic rings. The maximum Gasteiger partial charge on any atom is 0.211 e. The normalized spacial score (nSPS) is 27.1. The van der Waals surface area contributed by atoms with Crippen LogP contribution in [0.3, 0.4) is 0 Å². The smallest absolute Gasteiger partial charge is 0.211 e. The lowest BCUT2D eigenvalue weighted by Crippen LogP contribution is -2.36. The number of rotatable bonds is 2. The third-order valence-corrected chi connectivity index (χ3v) is 3.09. The van der Waals surface area contributed by atoms with Crippen molar-refractivity contribution in [2.75, 3.05) is 6.54 Å². The Morgan fingerprint density at radius 1 is 1.53 bits per heavy atom. The fraction of sp³-hybridized carbons (Fsp3) is 0.455. The van der Waals surface area contributed by atoms with Gasteiger partial charge in [0.2, 0.25) is 12.8 Å². The number of phenols is 1. The van der Waals surface area contributed by atoms with Gasteiger partial charge in [-0.25, -0.2) is 0 Å². The summed E-state index contributed by atoms with van der Waals surface area (Å²) in [7, 11) is 0. The minimum absolute atomic E-state index is 0.109. The number of aliphatic hydroxyl groups excluding tert-OH is 1. The summed E-state index contributed by atoms with van der Waals surface area (Å²) in [6, 6.07) is 4.70. The summed E-state index contributed by atoms with van der Waals surface area (Å²) < 4.78 is 5.17. The molecule has 0 saturated heterocycles. The van der Waals surface area contributed by atoms with Crippen molar-refractivity contribution in [3.63, 3.8) is 0 Å². The second-order valence-corrected chi connectivity index (χ2v) is 4.18. The van der Waals surface area contributed by atoms with Gasteiger partial charge < -0.3 is 14.9 Å². The number of para-hydroxylation sites is 1. The van der Waals surface area contributed by atoms with Gasteiger partial charge in [0.1, 0.15) is 0 Å². The van der Waals surface area contributed by atoms with Gasteiger partial charge in [-0.3, -0.25) is 10.1 Å². The molecule has 6 heteroatoms. The summed E-state index contributed by atoms with van der Waals surface area (Å²) in [6.07, 6.45) is -1.14. The first-order chi connectivity index (χ1) is 8.00. The molecule has 0 fully saturated rings. The number of nitro groups is 1. The van der Waals surface area contributed by atoms with Crippen LogP contribution in [0.25, 0.3) is 0 Å². The van der Waals surface area contributed by atoms with Crippen LogP contribution in [0, 0.1) is 16.0 Å². The second kappa shape index (κ2) is 4.21. The Labute approximate surface area is 97.6 Å². The molecule has 3 atom stereocenters. The molecule has 0 radical (unpaired) electrons. The van der Waals surface area contributed by atoms with Crippen LogP contribution in [0.1, 0.15) is 18.4 Å². The third kappa shape index (κ3) is 2.03. The number of aromatic hydroxyl groups is 1. The number of benzene rings is 1. The van der Waals surface area contributed by atoms with Gasteiger partial charge in [0, 0.05) is 16.4 Å². The van der Waals surface area contributed by atoms with Gasteiger partial charge >= 0.3 is 0 Å². The molecule has 6 nitrogen and oxygen atoms in total.